The average molecular weight is 302 g/mol. The molecular weight excluding hydrogens is 292 g/mol. The van der Waals surface area contributed by atoms with E-state index in [1.807, 2.05) is 0 Å². The summed E-state index contributed by atoms with van der Waals surface area (Å²) in [7, 11) is 0. The van der Waals surface area contributed by atoms with Gasteiger partial charge in [0.15, 0.2) is 11.2 Å². The summed E-state index contributed by atoms with van der Waals surface area (Å²) >= 11 is 0. The lowest BCUT2D eigenvalue weighted by molar-refractivity contribution is 0.0681. The number of furan rings is 2. The minimum Gasteiger partial charge on any atom is -0.477 e. The summed E-state index contributed by atoms with van der Waals surface area (Å²) in [6, 6.07) is 6.28. The molecule has 0 saturated heterocycles. The molecule has 0 amide bonds. The fourth-order valence-electron chi connectivity index (χ4n) is 1.93. The highest BCUT2D eigenvalue weighted by Crippen LogP contribution is 2.16. The highest BCUT2D eigenvalue weighted by atomic mass is 16.4. The van der Waals surface area contributed by atoms with Crippen LogP contribution < -0.4 is 0 Å². The smallest absolute Gasteiger partial charge is 0.352 e. The molecule has 4 heterocycles. The summed E-state index contributed by atoms with van der Waals surface area (Å²) in [4.78, 5) is 26.2. The van der Waals surface area contributed by atoms with Gasteiger partial charge in [-0.3, -0.25) is 0 Å². The second kappa shape index (κ2) is 5.17. The van der Waals surface area contributed by atoms with Crippen LogP contribution in [0, 0.1) is 0 Å². The topological polar surface area (TPSA) is 132 Å². The van der Waals surface area contributed by atoms with E-state index < -0.39 is 11.9 Å². The Bertz CT molecular complexity index is 819. The molecule has 22 heavy (non-hydrogen) atoms. The zero-order chi connectivity index (χ0) is 15.7. The molecule has 8 heteroatoms. The van der Waals surface area contributed by atoms with Gasteiger partial charge in [-0.2, -0.15) is 0 Å². The van der Waals surface area contributed by atoms with E-state index >= 15 is 0 Å². The van der Waals surface area contributed by atoms with Gasteiger partial charge in [-0.05, 0) is 0 Å². The lowest BCUT2D eigenvalue weighted by atomic mass is 10.4. The van der Waals surface area contributed by atoms with Gasteiger partial charge < -0.3 is 29.0 Å². The molecule has 0 aromatic carbocycles. The first kappa shape index (κ1) is 13.6. The molecule has 4 rings (SSSR count). The quantitative estimate of drug-likeness (QED) is 0.450. The van der Waals surface area contributed by atoms with Gasteiger partial charge in [0.1, 0.15) is 11.4 Å². The first-order valence-electron chi connectivity index (χ1n) is 6.13. The van der Waals surface area contributed by atoms with Gasteiger partial charge in [0, 0.05) is 24.3 Å². The third-order valence-electron chi connectivity index (χ3n) is 2.94. The summed E-state index contributed by atoms with van der Waals surface area (Å²) in [5, 5.41) is 17.1. The summed E-state index contributed by atoms with van der Waals surface area (Å²) in [5.41, 5.74) is 2.87. The Morgan fingerprint density at radius 2 is 1.23 bits per heavy atom. The molecule has 0 unspecified atom stereocenters. The Morgan fingerprint density at radius 3 is 1.55 bits per heavy atom. The average Bonchev–Trinajstić information content (AvgIpc) is 3.18. The van der Waals surface area contributed by atoms with Crippen LogP contribution >= 0.6 is 0 Å². The van der Waals surface area contributed by atoms with Gasteiger partial charge >= 0.3 is 11.9 Å². The highest BCUT2D eigenvalue weighted by molar-refractivity contribution is 5.92. The number of fused-ring (bicyclic) bond motifs is 2. The van der Waals surface area contributed by atoms with Crippen LogP contribution in [0.15, 0.2) is 45.6 Å². The molecule has 0 aliphatic carbocycles. The Hall–Kier alpha value is -3.42. The Balaban J connectivity index is 0.000000131. The molecule has 8 nitrogen and oxygen atoms in total. The predicted octanol–water partition coefficient (Wildman–Crippen LogP) is 2.92. The molecule has 0 aliphatic heterocycles. The van der Waals surface area contributed by atoms with Crippen LogP contribution in [-0.2, 0) is 0 Å². The van der Waals surface area contributed by atoms with Crippen molar-refractivity contribution in [1.82, 2.24) is 9.97 Å². The van der Waals surface area contributed by atoms with E-state index in [0.29, 0.717) is 22.2 Å². The fraction of sp³-hybridized carbons (Fsp3) is 0. The summed E-state index contributed by atoms with van der Waals surface area (Å²) < 4.78 is 9.91. The fourth-order valence-corrected chi connectivity index (χ4v) is 1.93. The second-order valence-corrected chi connectivity index (χ2v) is 4.37. The van der Waals surface area contributed by atoms with Crippen LogP contribution in [0.25, 0.3) is 22.2 Å². The minimum atomic E-state index is -0.976. The molecule has 4 N–H and O–H groups in total. The van der Waals surface area contributed by atoms with Crippen molar-refractivity contribution in [3.8, 4) is 0 Å². The van der Waals surface area contributed by atoms with Crippen molar-refractivity contribution < 1.29 is 28.6 Å². The van der Waals surface area contributed by atoms with Crippen LogP contribution in [0.2, 0.25) is 0 Å². The monoisotopic (exact) mass is 302 g/mol. The van der Waals surface area contributed by atoms with Crippen molar-refractivity contribution in [2.24, 2.45) is 0 Å². The lowest BCUT2D eigenvalue weighted by Gasteiger charge is -1.82. The van der Waals surface area contributed by atoms with E-state index in [2.05, 4.69) is 9.97 Å². The third-order valence-corrected chi connectivity index (χ3v) is 2.94. The van der Waals surface area contributed by atoms with Crippen LogP contribution in [0.5, 0.6) is 0 Å². The van der Waals surface area contributed by atoms with Gasteiger partial charge in [0.25, 0.3) is 0 Å². The van der Waals surface area contributed by atoms with Crippen molar-refractivity contribution in [3.63, 3.8) is 0 Å². The molecule has 0 aliphatic rings. The number of carboxylic acid groups (broad SMARTS) is 2. The summed E-state index contributed by atoms with van der Waals surface area (Å²) in [5.74, 6) is -1.95. The van der Waals surface area contributed by atoms with Crippen molar-refractivity contribution in [1.29, 1.82) is 0 Å². The number of H-pyrrole nitrogens is 2. The normalized spacial score (nSPS) is 10.5. The number of hydrogen-bond donors (Lipinski definition) is 4. The Labute approximate surface area is 122 Å². The van der Waals surface area contributed by atoms with Crippen molar-refractivity contribution in [2.75, 3.05) is 0 Å². The maximum atomic E-state index is 10.4. The van der Waals surface area contributed by atoms with E-state index in [9.17, 15) is 9.59 Å². The van der Waals surface area contributed by atoms with Gasteiger partial charge in [-0.25, -0.2) is 9.59 Å². The molecule has 0 saturated carbocycles. The molecular formula is C14H10N2O6. The van der Waals surface area contributed by atoms with E-state index in [0.717, 1.165) is 0 Å². The van der Waals surface area contributed by atoms with Crippen LogP contribution in [-0.4, -0.2) is 32.1 Å². The maximum absolute atomic E-state index is 10.4. The molecule has 0 bridgehead atoms. The number of aromatic amines is 2. The highest BCUT2D eigenvalue weighted by Gasteiger charge is 2.08. The number of carbonyl (C=O) groups is 2. The zero-order valence-corrected chi connectivity index (χ0v) is 11.0. The van der Waals surface area contributed by atoms with E-state index in [1.54, 1.807) is 12.1 Å². The van der Waals surface area contributed by atoms with Crippen LogP contribution in [0.1, 0.15) is 21.0 Å². The standard InChI is InChI=1S/2C7H5NO3/c2*9-7(10)5-3-6-4(8-5)1-2-11-6/h2*1-3,8H,(H,9,10). The second-order valence-electron chi connectivity index (χ2n) is 4.37. The van der Waals surface area contributed by atoms with Crippen LogP contribution in [0.3, 0.4) is 0 Å². The number of aromatic nitrogens is 2. The molecule has 112 valence electrons. The summed E-state index contributed by atoms with van der Waals surface area (Å²) in [6.07, 6.45) is 3.01. The molecule has 4 aromatic rings. The third kappa shape index (κ3) is 2.44. The maximum Gasteiger partial charge on any atom is 0.352 e. The summed E-state index contributed by atoms with van der Waals surface area (Å²) in [6.45, 7) is 0. The Kier molecular flexibility index (Phi) is 3.18. The van der Waals surface area contributed by atoms with Gasteiger partial charge in [0.2, 0.25) is 0 Å². The zero-order valence-electron chi connectivity index (χ0n) is 11.0. The molecule has 0 spiro atoms. The number of carboxylic acids is 2. The van der Waals surface area contributed by atoms with E-state index in [4.69, 9.17) is 19.0 Å². The molecule has 0 fully saturated rings. The Morgan fingerprint density at radius 1 is 0.818 bits per heavy atom. The van der Waals surface area contributed by atoms with Gasteiger partial charge in [-0.1, -0.05) is 0 Å². The van der Waals surface area contributed by atoms with E-state index in [1.165, 1.54) is 24.7 Å². The van der Waals surface area contributed by atoms with Crippen molar-refractivity contribution >= 4 is 34.1 Å². The van der Waals surface area contributed by atoms with E-state index in [-0.39, 0.29) is 11.4 Å². The largest absolute Gasteiger partial charge is 0.477 e. The first-order chi connectivity index (χ1) is 10.5. The van der Waals surface area contributed by atoms with Gasteiger partial charge in [-0.15, -0.1) is 0 Å². The number of nitrogens with one attached hydrogen (secondary N) is 2. The molecule has 4 aromatic heterocycles. The van der Waals surface area contributed by atoms with Crippen molar-refractivity contribution in [3.05, 3.63) is 48.2 Å². The number of aromatic carboxylic acids is 2. The predicted molar refractivity (Wildman–Crippen MR) is 75.0 cm³/mol. The van der Waals surface area contributed by atoms with Crippen LogP contribution in [0.4, 0.5) is 0 Å². The van der Waals surface area contributed by atoms with Gasteiger partial charge in [0.05, 0.1) is 23.6 Å². The minimum absolute atomic E-state index is 0.152. The first-order valence-corrected chi connectivity index (χ1v) is 6.13. The number of hydrogen-bond acceptors (Lipinski definition) is 4. The molecule has 0 radical (unpaired) electrons. The molecule has 0 atom stereocenters. The number of rotatable bonds is 2. The lowest BCUT2D eigenvalue weighted by Crippen LogP contribution is -1.94. The van der Waals surface area contributed by atoms with Crippen molar-refractivity contribution in [2.45, 2.75) is 0 Å². The SMILES string of the molecule is O=C(O)c1cc2occc2[nH]1.O=C(O)c1cc2occc2[nH]1.